The van der Waals surface area contributed by atoms with Gasteiger partial charge in [0.05, 0.1) is 22.4 Å². The summed E-state index contributed by atoms with van der Waals surface area (Å²) in [5.41, 5.74) is -0.628. The molecule has 33 heavy (non-hydrogen) atoms. The Hall–Kier alpha value is -3.86. The second kappa shape index (κ2) is 10.6. The molecule has 8 heteroatoms. The predicted molar refractivity (Wildman–Crippen MR) is 118 cm³/mol. The predicted octanol–water partition coefficient (Wildman–Crippen LogP) is 8.07. The second-order valence-corrected chi connectivity index (χ2v) is 6.60. The lowest BCUT2D eigenvalue weighted by Gasteiger charge is -2.15. The van der Waals surface area contributed by atoms with Gasteiger partial charge in [-0.25, -0.2) is 8.78 Å². The maximum atomic E-state index is 13.9. The van der Waals surface area contributed by atoms with E-state index in [1.54, 1.807) is 6.92 Å². The van der Waals surface area contributed by atoms with Gasteiger partial charge in [0, 0.05) is 11.8 Å². The smallest absolute Gasteiger partial charge is 0.416 e. The first-order valence-electron chi connectivity index (χ1n) is 9.90. The Morgan fingerprint density at radius 3 is 2.21 bits per heavy atom. The van der Waals surface area contributed by atoms with Gasteiger partial charge < -0.3 is 10.1 Å². The first kappa shape index (κ1) is 25.4. The van der Waals surface area contributed by atoms with E-state index in [4.69, 9.17) is 4.74 Å². The average Bonchev–Trinajstić information content (AvgIpc) is 2.76. The molecule has 0 fully saturated rings. The molecule has 3 nitrogen and oxygen atoms in total. The molecule has 0 amide bonds. The van der Waals surface area contributed by atoms with E-state index in [0.717, 1.165) is 24.3 Å². The van der Waals surface area contributed by atoms with Crippen molar-refractivity contribution in [1.29, 1.82) is 5.26 Å². The van der Waals surface area contributed by atoms with Crippen molar-refractivity contribution >= 4 is 11.4 Å². The molecule has 172 valence electrons. The zero-order valence-electron chi connectivity index (χ0n) is 18.1. The maximum Gasteiger partial charge on any atom is 0.416 e. The van der Waals surface area contributed by atoms with Crippen LogP contribution in [0.5, 0.6) is 11.5 Å². The lowest BCUT2D eigenvalue weighted by molar-refractivity contribution is -0.137. The van der Waals surface area contributed by atoms with Gasteiger partial charge in [0.1, 0.15) is 29.2 Å². The summed E-state index contributed by atoms with van der Waals surface area (Å²) in [6, 6.07) is 12.5. The van der Waals surface area contributed by atoms with Crippen LogP contribution in [0.15, 0.2) is 61.2 Å². The quantitative estimate of drug-likeness (QED) is 0.392. The van der Waals surface area contributed by atoms with Crippen LogP contribution < -0.4 is 10.1 Å². The van der Waals surface area contributed by atoms with Crippen LogP contribution >= 0.6 is 0 Å². The van der Waals surface area contributed by atoms with E-state index in [9.17, 15) is 27.2 Å². The standard InChI is InChI=1S/C23H15F5N2O.C2H6/c1-13-6-7-16(23(26,27)28)11-21(13)31-17-8-9-20(15(10-17)12-29)30-14(2)22-18(24)4-3-5-19(22)25;1-2/h3-11,30H,2H2,1H3;1-2H3. The third kappa shape index (κ3) is 6.10. The zero-order valence-corrected chi connectivity index (χ0v) is 18.1. The van der Waals surface area contributed by atoms with Gasteiger partial charge in [0.15, 0.2) is 0 Å². The van der Waals surface area contributed by atoms with Crippen LogP contribution in [-0.4, -0.2) is 0 Å². The second-order valence-electron chi connectivity index (χ2n) is 6.60. The summed E-state index contributed by atoms with van der Waals surface area (Å²) >= 11 is 0. The molecule has 0 bridgehead atoms. The zero-order chi connectivity index (χ0) is 24.8. The van der Waals surface area contributed by atoms with E-state index in [1.165, 1.54) is 30.3 Å². The topological polar surface area (TPSA) is 45.0 Å². The van der Waals surface area contributed by atoms with E-state index in [-0.39, 0.29) is 34.0 Å². The van der Waals surface area contributed by atoms with Crippen molar-refractivity contribution in [3.8, 4) is 17.6 Å². The van der Waals surface area contributed by atoms with Crippen LogP contribution in [0.25, 0.3) is 5.70 Å². The van der Waals surface area contributed by atoms with Gasteiger partial charge in [-0.05, 0) is 48.9 Å². The van der Waals surface area contributed by atoms with E-state index in [1.807, 2.05) is 19.9 Å². The summed E-state index contributed by atoms with van der Waals surface area (Å²) < 4.78 is 72.3. The minimum Gasteiger partial charge on any atom is -0.457 e. The number of hydrogen-bond donors (Lipinski definition) is 1. The Kier molecular flexibility index (Phi) is 8.19. The summed E-state index contributed by atoms with van der Waals surface area (Å²) in [5, 5.41) is 12.1. The van der Waals surface area contributed by atoms with Crippen molar-refractivity contribution in [2.75, 3.05) is 5.32 Å². The molecule has 0 heterocycles. The number of nitrogens with zero attached hydrogens (tertiary/aromatic N) is 1. The Morgan fingerprint density at radius 1 is 1.00 bits per heavy atom. The van der Waals surface area contributed by atoms with E-state index < -0.39 is 23.4 Å². The molecule has 0 saturated carbocycles. The Bertz CT molecular complexity index is 1180. The molecule has 3 aromatic carbocycles. The number of anilines is 1. The molecule has 0 spiro atoms. The number of benzene rings is 3. The first-order valence-corrected chi connectivity index (χ1v) is 9.90. The highest BCUT2D eigenvalue weighted by molar-refractivity contribution is 5.78. The highest BCUT2D eigenvalue weighted by Gasteiger charge is 2.31. The number of nitrogens with one attached hydrogen (secondary N) is 1. The number of nitriles is 1. The molecule has 0 atom stereocenters. The molecule has 3 rings (SSSR count). The van der Waals surface area contributed by atoms with Crippen molar-refractivity contribution in [3.05, 3.63) is 95.1 Å². The maximum absolute atomic E-state index is 13.9. The molecular formula is C25H21F5N2O. The van der Waals surface area contributed by atoms with Gasteiger partial charge in [-0.15, -0.1) is 0 Å². The van der Waals surface area contributed by atoms with Crippen LogP contribution in [0, 0.1) is 29.9 Å². The number of rotatable bonds is 5. The number of hydrogen-bond acceptors (Lipinski definition) is 3. The van der Waals surface area contributed by atoms with Crippen LogP contribution in [0.1, 0.15) is 36.1 Å². The SMILES string of the molecule is C=C(Nc1ccc(Oc2cc(C(F)(F)F)ccc2C)cc1C#N)c1c(F)cccc1F.CC. The molecule has 0 aliphatic rings. The first-order chi connectivity index (χ1) is 15.6. The summed E-state index contributed by atoms with van der Waals surface area (Å²) in [6.45, 7) is 9.20. The van der Waals surface area contributed by atoms with Gasteiger partial charge in [0.25, 0.3) is 0 Å². The van der Waals surface area contributed by atoms with Crippen molar-refractivity contribution in [1.82, 2.24) is 0 Å². The van der Waals surface area contributed by atoms with E-state index >= 15 is 0 Å². The summed E-state index contributed by atoms with van der Waals surface area (Å²) in [4.78, 5) is 0. The monoisotopic (exact) mass is 460 g/mol. The summed E-state index contributed by atoms with van der Waals surface area (Å²) in [5.74, 6) is -1.54. The highest BCUT2D eigenvalue weighted by Crippen LogP contribution is 2.35. The Morgan fingerprint density at radius 2 is 1.64 bits per heavy atom. The minimum atomic E-state index is -4.53. The molecule has 3 aromatic rings. The normalized spacial score (nSPS) is 10.5. The van der Waals surface area contributed by atoms with Crippen LogP contribution in [0.2, 0.25) is 0 Å². The van der Waals surface area contributed by atoms with Gasteiger partial charge in [0.2, 0.25) is 0 Å². The molecule has 0 aromatic heterocycles. The third-order valence-electron chi connectivity index (χ3n) is 4.40. The Labute approximate surface area is 188 Å². The number of ether oxygens (including phenoxy) is 1. The van der Waals surface area contributed by atoms with Crippen LogP contribution in [0.3, 0.4) is 0 Å². The fourth-order valence-electron chi connectivity index (χ4n) is 2.81. The van der Waals surface area contributed by atoms with Crippen molar-refractivity contribution in [2.24, 2.45) is 0 Å². The summed E-state index contributed by atoms with van der Waals surface area (Å²) in [7, 11) is 0. The van der Waals surface area contributed by atoms with E-state index in [0.29, 0.717) is 5.56 Å². The molecule has 1 N–H and O–H groups in total. The molecule has 0 radical (unpaired) electrons. The highest BCUT2D eigenvalue weighted by atomic mass is 19.4. The van der Waals surface area contributed by atoms with Crippen LogP contribution in [-0.2, 0) is 6.18 Å². The minimum absolute atomic E-state index is 0.0164. The number of alkyl halides is 3. The fourth-order valence-corrected chi connectivity index (χ4v) is 2.81. The number of halogens is 5. The van der Waals surface area contributed by atoms with Gasteiger partial charge in [-0.3, -0.25) is 0 Å². The van der Waals surface area contributed by atoms with Crippen molar-refractivity contribution in [2.45, 2.75) is 26.9 Å². The van der Waals surface area contributed by atoms with Crippen molar-refractivity contribution in [3.63, 3.8) is 0 Å². The van der Waals surface area contributed by atoms with Crippen LogP contribution in [0.4, 0.5) is 27.6 Å². The van der Waals surface area contributed by atoms with Gasteiger partial charge in [-0.1, -0.05) is 32.6 Å². The van der Waals surface area contributed by atoms with E-state index in [2.05, 4.69) is 11.9 Å². The lowest BCUT2D eigenvalue weighted by atomic mass is 10.1. The summed E-state index contributed by atoms with van der Waals surface area (Å²) in [6.07, 6.45) is -4.53. The molecule has 0 aliphatic carbocycles. The molecular weight excluding hydrogens is 439 g/mol. The fraction of sp³-hybridized carbons (Fsp3) is 0.160. The van der Waals surface area contributed by atoms with Gasteiger partial charge in [-0.2, -0.15) is 18.4 Å². The largest absolute Gasteiger partial charge is 0.457 e. The van der Waals surface area contributed by atoms with Gasteiger partial charge >= 0.3 is 6.18 Å². The third-order valence-corrected chi connectivity index (χ3v) is 4.40. The Balaban J connectivity index is 0.00000187. The van der Waals surface area contributed by atoms with Crippen molar-refractivity contribution < 1.29 is 26.7 Å². The molecule has 0 saturated heterocycles. The molecule has 0 aliphatic heterocycles. The average molecular weight is 460 g/mol. The number of aryl methyl sites for hydroxylation is 1. The molecule has 0 unspecified atom stereocenters. The lowest BCUT2D eigenvalue weighted by Crippen LogP contribution is -2.05.